The molecule has 3 rings (SSSR count). The van der Waals surface area contributed by atoms with E-state index in [2.05, 4.69) is 0 Å². The molecule has 148 valence electrons. The van der Waals surface area contributed by atoms with Crippen molar-refractivity contribution in [2.24, 2.45) is 0 Å². The third-order valence-electron chi connectivity index (χ3n) is 4.77. The molecule has 0 saturated carbocycles. The monoisotopic (exact) mass is 385 g/mol. The molecule has 0 bridgehead atoms. The van der Waals surface area contributed by atoms with Crippen molar-refractivity contribution in [2.75, 3.05) is 34.3 Å². The summed E-state index contributed by atoms with van der Waals surface area (Å²) in [7, 11) is 5.51. The van der Waals surface area contributed by atoms with Crippen molar-refractivity contribution >= 4 is 11.7 Å². The van der Waals surface area contributed by atoms with E-state index in [0.717, 1.165) is 4.90 Å². The number of ketones is 1. The highest BCUT2D eigenvalue weighted by Gasteiger charge is 2.44. The van der Waals surface area contributed by atoms with Crippen LogP contribution in [0.25, 0.3) is 0 Å². The number of likely N-dealkylation sites (N-methyl/N-ethyl adjacent to an activating group) is 1. The number of hydrogen-bond donors (Lipinski definition) is 2. The van der Waals surface area contributed by atoms with Crippen LogP contribution in [-0.2, 0) is 4.79 Å². The molecular formula is C21H25N2O5+. The molecule has 2 heterocycles. The Morgan fingerprint density at radius 1 is 1.29 bits per heavy atom. The van der Waals surface area contributed by atoms with Gasteiger partial charge in [-0.2, -0.15) is 0 Å². The molecule has 28 heavy (non-hydrogen) atoms. The number of carbonyl (C=O) groups excluding carboxylic acids is 2. The number of carbonyl (C=O) groups is 2. The maximum absolute atomic E-state index is 13.1. The van der Waals surface area contributed by atoms with Gasteiger partial charge in [-0.25, -0.2) is 0 Å². The molecule has 1 amide bonds. The van der Waals surface area contributed by atoms with Gasteiger partial charge in [0.25, 0.3) is 5.91 Å². The van der Waals surface area contributed by atoms with Crippen LogP contribution in [0.15, 0.2) is 52.1 Å². The van der Waals surface area contributed by atoms with E-state index in [-0.39, 0.29) is 11.3 Å². The lowest BCUT2D eigenvalue weighted by Gasteiger charge is -2.27. The summed E-state index contributed by atoms with van der Waals surface area (Å²) < 4.78 is 10.7. The molecular weight excluding hydrogens is 360 g/mol. The van der Waals surface area contributed by atoms with Gasteiger partial charge >= 0.3 is 0 Å². The van der Waals surface area contributed by atoms with E-state index in [1.165, 1.54) is 4.90 Å². The first-order valence-electron chi connectivity index (χ1n) is 9.11. The second-order valence-electron chi connectivity index (χ2n) is 7.14. The van der Waals surface area contributed by atoms with E-state index >= 15 is 0 Å². The van der Waals surface area contributed by atoms with Crippen LogP contribution in [-0.4, -0.2) is 56.0 Å². The van der Waals surface area contributed by atoms with Crippen LogP contribution in [0, 0.1) is 6.92 Å². The normalized spacial score (nSPS) is 17.0. The van der Waals surface area contributed by atoms with Gasteiger partial charge in [0.05, 0.1) is 45.9 Å². The van der Waals surface area contributed by atoms with E-state index in [1.54, 1.807) is 44.4 Å². The number of hydrogen-bond acceptors (Lipinski definition) is 5. The van der Waals surface area contributed by atoms with Crippen LogP contribution in [0.5, 0.6) is 5.75 Å². The van der Waals surface area contributed by atoms with Gasteiger partial charge in [0.2, 0.25) is 5.78 Å². The van der Waals surface area contributed by atoms with E-state index in [0.29, 0.717) is 30.2 Å². The van der Waals surface area contributed by atoms with Crippen molar-refractivity contribution in [3.63, 3.8) is 0 Å². The minimum atomic E-state index is -0.708. The van der Waals surface area contributed by atoms with Gasteiger partial charge in [0, 0.05) is 0 Å². The topological polar surface area (TPSA) is 84.4 Å². The Kier molecular flexibility index (Phi) is 5.56. The first-order chi connectivity index (χ1) is 13.3. The molecule has 0 spiro atoms. The second kappa shape index (κ2) is 7.90. The van der Waals surface area contributed by atoms with E-state index < -0.39 is 23.5 Å². The second-order valence-corrected chi connectivity index (χ2v) is 7.14. The fourth-order valence-electron chi connectivity index (χ4n) is 3.31. The van der Waals surface area contributed by atoms with Crippen molar-refractivity contribution < 1.29 is 28.7 Å². The number of benzene rings is 1. The Morgan fingerprint density at radius 2 is 2.04 bits per heavy atom. The predicted molar refractivity (Wildman–Crippen MR) is 103 cm³/mol. The molecule has 0 saturated heterocycles. The molecule has 1 aromatic heterocycles. The molecule has 7 nitrogen and oxygen atoms in total. The average Bonchev–Trinajstić information content (AvgIpc) is 3.21. The van der Waals surface area contributed by atoms with E-state index in [1.807, 2.05) is 20.2 Å². The number of nitrogens with one attached hydrogen (secondary N) is 1. The molecule has 1 aliphatic heterocycles. The Bertz CT molecular complexity index is 928. The summed E-state index contributed by atoms with van der Waals surface area (Å²) in [6.07, 6.45) is 0. The summed E-state index contributed by atoms with van der Waals surface area (Å²) in [6.45, 7) is 2.79. The van der Waals surface area contributed by atoms with Crippen molar-refractivity contribution in [1.82, 2.24) is 4.90 Å². The van der Waals surface area contributed by atoms with E-state index in [4.69, 9.17) is 9.15 Å². The number of amides is 1. The SMILES string of the molecule is COc1cccc([C@H]2C(C(=O)c3ccc(C)o3)=C(O)C(=O)N2CC[NH+](C)C)c1. The Morgan fingerprint density at radius 3 is 2.64 bits per heavy atom. The fourth-order valence-corrected chi connectivity index (χ4v) is 3.31. The summed E-state index contributed by atoms with van der Waals surface area (Å²) in [4.78, 5) is 28.6. The zero-order chi connectivity index (χ0) is 20.4. The summed E-state index contributed by atoms with van der Waals surface area (Å²) in [5.74, 6) is -0.290. The fraction of sp³-hybridized carbons (Fsp3) is 0.333. The molecule has 0 fully saturated rings. The number of nitrogens with zero attached hydrogens (tertiary/aromatic N) is 1. The molecule has 2 N–H and O–H groups in total. The third kappa shape index (κ3) is 3.66. The highest BCUT2D eigenvalue weighted by Crippen LogP contribution is 2.39. The van der Waals surface area contributed by atoms with Crippen LogP contribution in [0.4, 0.5) is 0 Å². The first kappa shape index (κ1) is 19.7. The third-order valence-corrected chi connectivity index (χ3v) is 4.77. The van der Waals surface area contributed by atoms with Gasteiger partial charge in [-0.1, -0.05) is 12.1 Å². The van der Waals surface area contributed by atoms with Crippen molar-refractivity contribution in [1.29, 1.82) is 0 Å². The molecule has 1 atom stereocenters. The van der Waals surface area contributed by atoms with Crippen molar-refractivity contribution in [3.05, 3.63) is 64.8 Å². The lowest BCUT2D eigenvalue weighted by atomic mass is 9.95. The molecule has 2 aromatic rings. The van der Waals surface area contributed by atoms with Crippen LogP contribution in [0.3, 0.4) is 0 Å². The zero-order valence-electron chi connectivity index (χ0n) is 16.5. The Labute approximate surface area is 163 Å². The van der Waals surface area contributed by atoms with Gasteiger partial charge in [-0.3, -0.25) is 9.59 Å². The van der Waals surface area contributed by atoms with Gasteiger partial charge in [-0.15, -0.1) is 0 Å². The van der Waals surface area contributed by atoms with Gasteiger partial charge in [0.15, 0.2) is 11.5 Å². The first-order valence-corrected chi connectivity index (χ1v) is 9.11. The lowest BCUT2D eigenvalue weighted by molar-refractivity contribution is -0.857. The summed E-state index contributed by atoms with van der Waals surface area (Å²) in [5, 5.41) is 10.6. The maximum atomic E-state index is 13.1. The number of aliphatic hydroxyl groups is 1. The van der Waals surface area contributed by atoms with E-state index in [9.17, 15) is 14.7 Å². The summed E-state index contributed by atoms with van der Waals surface area (Å²) in [5.41, 5.74) is 0.721. The van der Waals surface area contributed by atoms with Crippen molar-refractivity contribution in [3.8, 4) is 5.75 Å². The largest absolute Gasteiger partial charge is 0.503 e. The molecule has 7 heteroatoms. The van der Waals surface area contributed by atoms with Crippen LogP contribution >= 0.6 is 0 Å². The van der Waals surface area contributed by atoms with Crippen LogP contribution in [0.1, 0.15) is 27.9 Å². The molecule has 1 aromatic carbocycles. The summed E-state index contributed by atoms with van der Waals surface area (Å²) >= 11 is 0. The zero-order valence-corrected chi connectivity index (χ0v) is 16.5. The van der Waals surface area contributed by atoms with Gasteiger partial charge < -0.3 is 24.1 Å². The van der Waals surface area contributed by atoms with Crippen molar-refractivity contribution in [2.45, 2.75) is 13.0 Å². The number of Topliss-reactive ketones (excluding diaryl/α,β-unsaturated/α-hetero) is 1. The predicted octanol–water partition coefficient (Wildman–Crippen LogP) is 1.32. The Hall–Kier alpha value is -3.06. The number of methoxy groups -OCH3 is 1. The quantitative estimate of drug-likeness (QED) is 0.703. The number of aryl methyl sites for hydroxylation is 1. The van der Waals surface area contributed by atoms with Crippen LogP contribution in [0.2, 0.25) is 0 Å². The summed E-state index contributed by atoms with van der Waals surface area (Å²) in [6, 6.07) is 9.69. The smallest absolute Gasteiger partial charge is 0.290 e. The highest BCUT2D eigenvalue weighted by molar-refractivity contribution is 6.15. The average molecular weight is 385 g/mol. The minimum absolute atomic E-state index is 0.0290. The van der Waals surface area contributed by atoms with Gasteiger partial charge in [-0.05, 0) is 36.8 Å². The Balaban J connectivity index is 2.07. The molecule has 0 radical (unpaired) electrons. The van der Waals surface area contributed by atoms with Gasteiger partial charge in [0.1, 0.15) is 11.5 Å². The number of aliphatic hydroxyl groups excluding tert-OH is 1. The molecule has 0 aliphatic carbocycles. The highest BCUT2D eigenvalue weighted by atomic mass is 16.5. The number of rotatable bonds is 7. The minimum Gasteiger partial charge on any atom is -0.503 e. The standard InChI is InChI=1S/C21H24N2O5/c1-13-8-9-16(28-13)19(24)17-18(14-6-5-7-15(12-14)27-4)23(11-10-22(2)3)21(26)20(17)25/h5-9,12,18,25H,10-11H2,1-4H3/p+1/t18-/m0/s1. The molecule has 1 aliphatic rings. The molecule has 0 unspecified atom stereocenters. The van der Waals surface area contributed by atoms with Crippen LogP contribution < -0.4 is 9.64 Å². The maximum Gasteiger partial charge on any atom is 0.290 e. The number of quaternary nitrogens is 1. The number of furan rings is 1. The number of ether oxygens (including phenoxy) is 1. The lowest BCUT2D eigenvalue weighted by Crippen LogP contribution is -3.06.